The Balaban J connectivity index is 0.00000338. The summed E-state index contributed by atoms with van der Waals surface area (Å²) in [6.45, 7) is 8.84. The number of aliphatic imine (C=N–C) groups is 1. The Morgan fingerprint density at radius 2 is 2.04 bits per heavy atom. The van der Waals surface area contributed by atoms with Gasteiger partial charge in [0.1, 0.15) is 0 Å². The first-order valence-electron chi connectivity index (χ1n) is 9.17. The molecule has 1 fully saturated rings. The maximum Gasteiger partial charge on any atom is 0.224 e. The lowest BCUT2D eigenvalue weighted by atomic mass is 10.1. The second-order valence-electron chi connectivity index (χ2n) is 6.22. The highest BCUT2D eigenvalue weighted by Gasteiger charge is 2.39. The van der Waals surface area contributed by atoms with Crippen LogP contribution in [0.3, 0.4) is 0 Å². The van der Waals surface area contributed by atoms with Crippen LogP contribution in [0.5, 0.6) is 0 Å². The van der Waals surface area contributed by atoms with Crippen LogP contribution in [-0.4, -0.2) is 49.0 Å². The van der Waals surface area contributed by atoms with E-state index >= 15 is 0 Å². The summed E-state index contributed by atoms with van der Waals surface area (Å²) < 4.78 is 0. The Bertz CT molecular complexity index is 607. The van der Waals surface area contributed by atoms with Crippen molar-refractivity contribution in [2.75, 3.05) is 26.2 Å². The van der Waals surface area contributed by atoms with Gasteiger partial charge < -0.3 is 15.5 Å². The van der Waals surface area contributed by atoms with Gasteiger partial charge >= 0.3 is 0 Å². The third kappa shape index (κ3) is 6.95. The third-order valence-electron chi connectivity index (χ3n) is 4.45. The van der Waals surface area contributed by atoms with Crippen LogP contribution >= 0.6 is 35.6 Å². The number of carbonyl (C=O) groups is 1. The number of hydrogen-bond donors (Lipinski definition) is 2. The Kier molecular flexibility index (Phi) is 10.3. The molecular formula is C19H30ClIN4O. The zero-order valence-corrected chi connectivity index (χ0v) is 18.9. The quantitative estimate of drug-likeness (QED) is 0.331. The van der Waals surface area contributed by atoms with Crippen molar-refractivity contribution in [1.29, 1.82) is 0 Å². The Hall–Kier alpha value is -1.02. The first kappa shape index (κ1) is 23.0. The number of guanidine groups is 1. The lowest BCUT2D eigenvalue weighted by Crippen LogP contribution is -2.39. The third-order valence-corrected chi connectivity index (χ3v) is 4.68. The molecule has 1 aliphatic rings. The van der Waals surface area contributed by atoms with Gasteiger partial charge in [-0.3, -0.25) is 9.79 Å². The standard InChI is InChI=1S/C19H29ClN4O.HI/c1-4-21-19(22-11-10-18(25)24(5-2)6-3)23-17-13-16(17)14-8-7-9-15(20)12-14;/h7-9,12,16-17H,4-6,10-11,13H2,1-3H3,(H2,21,22,23);1H. The molecule has 7 heteroatoms. The fraction of sp³-hybridized carbons (Fsp3) is 0.579. The van der Waals surface area contributed by atoms with E-state index in [0.29, 0.717) is 24.9 Å². The SMILES string of the molecule is CCNC(=NCCC(=O)N(CC)CC)NC1CC1c1cccc(Cl)c1.I. The van der Waals surface area contributed by atoms with Crippen molar-refractivity contribution >= 4 is 47.4 Å². The average Bonchev–Trinajstić information content (AvgIpc) is 3.35. The summed E-state index contributed by atoms with van der Waals surface area (Å²) in [5, 5.41) is 7.49. The molecule has 0 radical (unpaired) electrons. The minimum absolute atomic E-state index is 0. The summed E-state index contributed by atoms with van der Waals surface area (Å²) in [7, 11) is 0. The molecule has 0 aliphatic heterocycles. The fourth-order valence-electron chi connectivity index (χ4n) is 2.95. The number of hydrogen-bond acceptors (Lipinski definition) is 2. The van der Waals surface area contributed by atoms with Crippen LogP contribution in [0, 0.1) is 0 Å². The second kappa shape index (κ2) is 11.6. The predicted molar refractivity (Wildman–Crippen MR) is 120 cm³/mol. The molecule has 2 rings (SSSR count). The van der Waals surface area contributed by atoms with Crippen molar-refractivity contribution in [3.05, 3.63) is 34.9 Å². The van der Waals surface area contributed by atoms with Gasteiger partial charge in [0.2, 0.25) is 5.91 Å². The summed E-state index contributed by atoms with van der Waals surface area (Å²) >= 11 is 6.08. The van der Waals surface area contributed by atoms with Gasteiger partial charge in [0, 0.05) is 43.0 Å². The molecule has 1 saturated carbocycles. The second-order valence-corrected chi connectivity index (χ2v) is 6.66. The molecule has 2 atom stereocenters. The Labute approximate surface area is 179 Å². The topological polar surface area (TPSA) is 56.7 Å². The van der Waals surface area contributed by atoms with Crippen molar-refractivity contribution in [2.45, 2.75) is 45.6 Å². The van der Waals surface area contributed by atoms with Gasteiger partial charge in [0.25, 0.3) is 0 Å². The summed E-state index contributed by atoms with van der Waals surface area (Å²) in [6.07, 6.45) is 1.52. The minimum atomic E-state index is 0. The highest BCUT2D eigenvalue weighted by Crippen LogP contribution is 2.41. The number of benzene rings is 1. The molecule has 0 heterocycles. The number of nitrogens with one attached hydrogen (secondary N) is 2. The molecule has 0 spiro atoms. The minimum Gasteiger partial charge on any atom is -0.357 e. The molecule has 1 aromatic rings. The van der Waals surface area contributed by atoms with Gasteiger partial charge in [-0.25, -0.2) is 0 Å². The molecule has 2 N–H and O–H groups in total. The largest absolute Gasteiger partial charge is 0.357 e. The van der Waals surface area contributed by atoms with Crippen LogP contribution in [0.15, 0.2) is 29.3 Å². The van der Waals surface area contributed by atoms with Gasteiger partial charge in [-0.1, -0.05) is 23.7 Å². The zero-order valence-electron chi connectivity index (χ0n) is 15.8. The Morgan fingerprint density at radius 3 is 2.65 bits per heavy atom. The highest BCUT2D eigenvalue weighted by atomic mass is 127. The molecule has 5 nitrogen and oxygen atoms in total. The van der Waals surface area contributed by atoms with E-state index in [1.807, 2.05) is 43.9 Å². The van der Waals surface area contributed by atoms with E-state index in [9.17, 15) is 4.79 Å². The maximum atomic E-state index is 12.1. The van der Waals surface area contributed by atoms with Gasteiger partial charge in [0.05, 0.1) is 6.54 Å². The normalized spacial score (nSPS) is 18.7. The van der Waals surface area contributed by atoms with Crippen molar-refractivity contribution < 1.29 is 4.79 Å². The number of carbonyl (C=O) groups excluding carboxylic acids is 1. The van der Waals surface area contributed by atoms with Gasteiger partial charge in [0.15, 0.2) is 5.96 Å². The number of rotatable bonds is 8. The van der Waals surface area contributed by atoms with Gasteiger partial charge in [-0.2, -0.15) is 0 Å². The molecular weight excluding hydrogens is 463 g/mol. The molecule has 1 aromatic carbocycles. The van der Waals surface area contributed by atoms with Crippen LogP contribution in [-0.2, 0) is 4.79 Å². The molecule has 0 bridgehead atoms. The van der Waals surface area contributed by atoms with Crippen molar-refractivity contribution in [3.63, 3.8) is 0 Å². The molecule has 2 unspecified atom stereocenters. The lowest BCUT2D eigenvalue weighted by molar-refractivity contribution is -0.130. The number of halogens is 2. The van der Waals surface area contributed by atoms with Gasteiger partial charge in [-0.05, 0) is 44.9 Å². The molecule has 0 saturated heterocycles. The molecule has 26 heavy (non-hydrogen) atoms. The first-order valence-corrected chi connectivity index (χ1v) is 9.54. The maximum absolute atomic E-state index is 12.1. The zero-order chi connectivity index (χ0) is 18.2. The van der Waals surface area contributed by atoms with E-state index in [4.69, 9.17) is 11.6 Å². The number of amides is 1. The van der Waals surface area contributed by atoms with E-state index in [-0.39, 0.29) is 29.9 Å². The van der Waals surface area contributed by atoms with Crippen LogP contribution in [0.2, 0.25) is 5.02 Å². The summed E-state index contributed by atoms with van der Waals surface area (Å²) in [5.74, 6) is 1.41. The van der Waals surface area contributed by atoms with Crippen molar-refractivity contribution in [1.82, 2.24) is 15.5 Å². The molecule has 1 aliphatic carbocycles. The fourth-order valence-corrected chi connectivity index (χ4v) is 3.15. The van der Waals surface area contributed by atoms with E-state index in [1.54, 1.807) is 0 Å². The van der Waals surface area contributed by atoms with Crippen LogP contribution < -0.4 is 10.6 Å². The van der Waals surface area contributed by atoms with E-state index in [2.05, 4.69) is 21.7 Å². The predicted octanol–water partition coefficient (Wildman–Crippen LogP) is 3.63. The smallest absolute Gasteiger partial charge is 0.224 e. The van der Waals surface area contributed by atoms with Gasteiger partial charge in [-0.15, -0.1) is 24.0 Å². The van der Waals surface area contributed by atoms with Crippen LogP contribution in [0.1, 0.15) is 45.1 Å². The van der Waals surface area contributed by atoms with Crippen molar-refractivity contribution in [3.8, 4) is 0 Å². The van der Waals surface area contributed by atoms with E-state index < -0.39 is 0 Å². The average molecular weight is 493 g/mol. The highest BCUT2D eigenvalue weighted by molar-refractivity contribution is 14.0. The van der Waals surface area contributed by atoms with Crippen molar-refractivity contribution in [2.24, 2.45) is 4.99 Å². The monoisotopic (exact) mass is 492 g/mol. The summed E-state index contributed by atoms with van der Waals surface area (Å²) in [5.41, 5.74) is 1.26. The first-order chi connectivity index (χ1) is 12.1. The van der Waals surface area contributed by atoms with Crippen LogP contribution in [0.25, 0.3) is 0 Å². The van der Waals surface area contributed by atoms with E-state index in [0.717, 1.165) is 37.0 Å². The number of nitrogens with zero attached hydrogens (tertiary/aromatic N) is 2. The molecule has 1 amide bonds. The summed E-state index contributed by atoms with van der Waals surface area (Å²) in [4.78, 5) is 18.4. The Morgan fingerprint density at radius 1 is 1.31 bits per heavy atom. The van der Waals surface area contributed by atoms with Crippen LogP contribution in [0.4, 0.5) is 0 Å². The lowest BCUT2D eigenvalue weighted by Gasteiger charge is -2.18. The molecule has 0 aromatic heterocycles. The summed E-state index contributed by atoms with van der Waals surface area (Å²) in [6, 6.07) is 8.40. The molecule has 146 valence electrons. The van der Waals surface area contributed by atoms with E-state index in [1.165, 1.54) is 5.56 Å².